The van der Waals surface area contributed by atoms with Crippen LogP contribution in [0.2, 0.25) is 0 Å². The molecule has 2 aromatic rings. The van der Waals surface area contributed by atoms with E-state index in [1.54, 1.807) is 37.3 Å². The van der Waals surface area contributed by atoms with Gasteiger partial charge in [0.05, 0.1) is 25.3 Å². The summed E-state index contributed by atoms with van der Waals surface area (Å²) >= 11 is 0. The third kappa shape index (κ3) is 5.19. The highest BCUT2D eigenvalue weighted by atomic mass is 19.1. The lowest BCUT2D eigenvalue weighted by Gasteiger charge is -2.30. The number of benzene rings is 2. The van der Waals surface area contributed by atoms with Crippen molar-refractivity contribution >= 4 is 12.0 Å². The number of para-hydroxylation sites is 1. The van der Waals surface area contributed by atoms with Gasteiger partial charge in [-0.1, -0.05) is 37.6 Å². The second-order valence-electron chi connectivity index (χ2n) is 7.19. The molecule has 0 fully saturated rings. The van der Waals surface area contributed by atoms with Gasteiger partial charge in [0, 0.05) is 11.3 Å². The molecule has 1 aliphatic heterocycles. The molecule has 3 rings (SSSR count). The summed E-state index contributed by atoms with van der Waals surface area (Å²) in [6.45, 7) is 4.04. The Morgan fingerprint density at radius 1 is 1.12 bits per heavy atom. The van der Waals surface area contributed by atoms with Gasteiger partial charge in [0.15, 0.2) is 11.5 Å². The minimum absolute atomic E-state index is 0.146. The lowest BCUT2D eigenvalue weighted by atomic mass is 9.93. The number of hydrogen-bond donors (Lipinski definition) is 2. The molecule has 2 aromatic carbocycles. The van der Waals surface area contributed by atoms with Gasteiger partial charge in [-0.2, -0.15) is 0 Å². The fourth-order valence-electron chi connectivity index (χ4n) is 3.56. The third-order valence-corrected chi connectivity index (χ3v) is 4.99. The number of methoxy groups -OCH3 is 1. The van der Waals surface area contributed by atoms with Gasteiger partial charge in [0.1, 0.15) is 12.4 Å². The first kappa shape index (κ1) is 23.1. The fraction of sp³-hybridized carbons (Fsp3) is 0.333. The summed E-state index contributed by atoms with van der Waals surface area (Å²) in [5, 5.41) is 5.55. The van der Waals surface area contributed by atoms with Crippen LogP contribution in [0.1, 0.15) is 43.9 Å². The normalized spacial score (nSPS) is 15.6. The Kier molecular flexibility index (Phi) is 7.70. The molecular weight excluding hydrogens is 415 g/mol. The summed E-state index contributed by atoms with van der Waals surface area (Å²) in [6.07, 6.45) is 1.24. The number of hydrogen-bond acceptors (Lipinski definition) is 5. The van der Waals surface area contributed by atoms with E-state index in [4.69, 9.17) is 14.2 Å². The molecule has 0 radical (unpaired) electrons. The van der Waals surface area contributed by atoms with E-state index in [-0.39, 0.29) is 19.0 Å². The van der Waals surface area contributed by atoms with Crippen molar-refractivity contribution in [3.8, 4) is 11.5 Å². The predicted octanol–water partition coefficient (Wildman–Crippen LogP) is 4.38. The lowest BCUT2D eigenvalue weighted by molar-refractivity contribution is -0.139. The van der Waals surface area contributed by atoms with Crippen LogP contribution in [0.5, 0.6) is 11.5 Å². The Balaban J connectivity index is 2.05. The molecule has 170 valence electrons. The Morgan fingerprint density at radius 3 is 2.53 bits per heavy atom. The van der Waals surface area contributed by atoms with E-state index >= 15 is 0 Å². The summed E-state index contributed by atoms with van der Waals surface area (Å²) in [6, 6.07) is 10.0. The van der Waals surface area contributed by atoms with Crippen molar-refractivity contribution in [2.24, 2.45) is 0 Å². The number of esters is 1. The summed E-state index contributed by atoms with van der Waals surface area (Å²) in [5.74, 6) is -0.0283. The number of urea groups is 1. The van der Waals surface area contributed by atoms with Crippen molar-refractivity contribution in [3.05, 3.63) is 70.7 Å². The molecule has 1 unspecified atom stereocenters. The highest BCUT2D eigenvalue weighted by Gasteiger charge is 2.35. The van der Waals surface area contributed by atoms with Crippen molar-refractivity contribution < 1.29 is 28.2 Å². The summed E-state index contributed by atoms with van der Waals surface area (Å²) in [7, 11) is 1.51. The van der Waals surface area contributed by atoms with E-state index < -0.39 is 18.0 Å². The summed E-state index contributed by atoms with van der Waals surface area (Å²) in [4.78, 5) is 25.3. The van der Waals surface area contributed by atoms with E-state index in [1.165, 1.54) is 19.2 Å². The molecule has 7 nitrogen and oxygen atoms in total. The van der Waals surface area contributed by atoms with Gasteiger partial charge in [-0.05, 0) is 37.1 Å². The number of halogens is 1. The minimum atomic E-state index is -0.789. The zero-order valence-electron chi connectivity index (χ0n) is 18.4. The minimum Gasteiger partial charge on any atom is -0.493 e. The SMILES string of the molecule is CCCC1=C(C(=O)OCC)C(c2cccc(OC)c2OCc2ccc(F)cc2)NC(=O)N1. The number of allylic oxidation sites excluding steroid dienone is 1. The highest BCUT2D eigenvalue weighted by molar-refractivity contribution is 5.95. The van der Waals surface area contributed by atoms with Gasteiger partial charge >= 0.3 is 12.0 Å². The number of amides is 2. The van der Waals surface area contributed by atoms with Gasteiger partial charge in [-0.25, -0.2) is 14.0 Å². The van der Waals surface area contributed by atoms with Crippen LogP contribution in [0.15, 0.2) is 53.7 Å². The number of carbonyl (C=O) groups excluding carboxylic acids is 2. The van der Waals surface area contributed by atoms with Crippen LogP contribution in [-0.2, 0) is 16.1 Å². The number of rotatable bonds is 9. The average Bonchev–Trinajstić information content (AvgIpc) is 2.78. The summed E-state index contributed by atoms with van der Waals surface area (Å²) in [5.41, 5.74) is 2.16. The van der Waals surface area contributed by atoms with Gasteiger partial charge < -0.3 is 24.8 Å². The van der Waals surface area contributed by atoms with E-state index in [9.17, 15) is 14.0 Å². The van der Waals surface area contributed by atoms with Gasteiger partial charge in [-0.3, -0.25) is 0 Å². The van der Waals surface area contributed by atoms with Gasteiger partial charge in [0.2, 0.25) is 0 Å². The van der Waals surface area contributed by atoms with Gasteiger partial charge in [-0.15, -0.1) is 0 Å². The lowest BCUT2D eigenvalue weighted by Crippen LogP contribution is -2.46. The predicted molar refractivity (Wildman–Crippen MR) is 117 cm³/mol. The first-order valence-electron chi connectivity index (χ1n) is 10.5. The van der Waals surface area contributed by atoms with Crippen LogP contribution >= 0.6 is 0 Å². The second-order valence-corrected chi connectivity index (χ2v) is 7.19. The molecule has 0 bridgehead atoms. The summed E-state index contributed by atoms with van der Waals surface area (Å²) < 4.78 is 30.1. The standard InChI is InChI=1S/C24H27FN2O5/c1-4-7-18-20(23(28)31-5-2)21(27-24(29)26-18)17-8-6-9-19(30-3)22(17)32-14-15-10-12-16(25)13-11-15/h6,8-13,21H,4-5,7,14H2,1-3H3,(H2,26,27,29). The van der Waals surface area contributed by atoms with Crippen LogP contribution in [0.3, 0.4) is 0 Å². The zero-order valence-corrected chi connectivity index (χ0v) is 18.4. The first-order chi connectivity index (χ1) is 15.5. The first-order valence-corrected chi connectivity index (χ1v) is 10.5. The van der Waals surface area contributed by atoms with Crippen LogP contribution in [0.4, 0.5) is 9.18 Å². The molecule has 1 heterocycles. The molecule has 2 amide bonds. The molecule has 0 saturated heterocycles. The van der Waals surface area contributed by atoms with Crippen molar-refractivity contribution in [3.63, 3.8) is 0 Å². The van der Waals surface area contributed by atoms with Gasteiger partial charge in [0.25, 0.3) is 0 Å². The largest absolute Gasteiger partial charge is 0.493 e. The molecule has 0 spiro atoms. The van der Waals surface area contributed by atoms with Crippen LogP contribution in [0, 0.1) is 5.82 Å². The van der Waals surface area contributed by atoms with E-state index in [0.717, 1.165) is 12.0 Å². The molecular formula is C24H27FN2O5. The van der Waals surface area contributed by atoms with E-state index in [1.807, 2.05) is 6.92 Å². The highest BCUT2D eigenvalue weighted by Crippen LogP contribution is 2.40. The average molecular weight is 442 g/mol. The molecule has 1 atom stereocenters. The van der Waals surface area contributed by atoms with Crippen LogP contribution in [-0.4, -0.2) is 25.7 Å². The second kappa shape index (κ2) is 10.7. The van der Waals surface area contributed by atoms with Crippen molar-refractivity contribution in [2.75, 3.05) is 13.7 Å². The van der Waals surface area contributed by atoms with E-state index in [2.05, 4.69) is 10.6 Å². The molecule has 0 saturated carbocycles. The Labute approximate surface area is 186 Å². The Bertz CT molecular complexity index is 1000. The molecule has 0 aliphatic carbocycles. The Morgan fingerprint density at radius 2 is 1.88 bits per heavy atom. The fourth-order valence-corrected chi connectivity index (χ4v) is 3.56. The van der Waals surface area contributed by atoms with Crippen molar-refractivity contribution in [1.29, 1.82) is 0 Å². The topological polar surface area (TPSA) is 85.9 Å². The molecule has 0 aromatic heterocycles. The number of nitrogens with one attached hydrogen (secondary N) is 2. The van der Waals surface area contributed by atoms with Crippen molar-refractivity contribution in [2.45, 2.75) is 39.3 Å². The third-order valence-electron chi connectivity index (χ3n) is 4.99. The number of ether oxygens (including phenoxy) is 3. The van der Waals surface area contributed by atoms with E-state index in [0.29, 0.717) is 34.8 Å². The maximum Gasteiger partial charge on any atom is 0.338 e. The zero-order chi connectivity index (χ0) is 23.1. The maximum absolute atomic E-state index is 13.2. The van der Waals surface area contributed by atoms with Crippen molar-refractivity contribution in [1.82, 2.24) is 10.6 Å². The molecule has 2 N–H and O–H groups in total. The van der Waals surface area contributed by atoms with Crippen LogP contribution < -0.4 is 20.1 Å². The monoisotopic (exact) mass is 442 g/mol. The molecule has 32 heavy (non-hydrogen) atoms. The maximum atomic E-state index is 13.2. The number of carbonyl (C=O) groups is 2. The quantitative estimate of drug-likeness (QED) is 0.563. The van der Waals surface area contributed by atoms with Crippen LogP contribution in [0.25, 0.3) is 0 Å². The smallest absolute Gasteiger partial charge is 0.338 e. The molecule has 1 aliphatic rings. The Hall–Kier alpha value is -3.55. The molecule has 8 heteroatoms.